The molecule has 2 saturated carbocycles. The lowest BCUT2D eigenvalue weighted by Crippen LogP contribution is -2.31. The van der Waals surface area contributed by atoms with Gasteiger partial charge in [0.1, 0.15) is 5.60 Å². The van der Waals surface area contributed by atoms with Crippen molar-refractivity contribution in [2.75, 3.05) is 0 Å². The second-order valence-corrected chi connectivity index (χ2v) is 5.11. The lowest BCUT2D eigenvalue weighted by atomic mass is 9.84. The molecule has 1 aliphatic heterocycles. The first-order chi connectivity index (χ1) is 6.79. The minimum atomic E-state index is -0.292. The molecule has 0 aromatic carbocycles. The van der Waals surface area contributed by atoms with E-state index in [4.69, 9.17) is 4.74 Å². The van der Waals surface area contributed by atoms with Crippen molar-refractivity contribution in [2.45, 2.75) is 69.0 Å². The van der Waals surface area contributed by atoms with Gasteiger partial charge in [0.05, 0.1) is 0 Å². The molecule has 2 aliphatic carbocycles. The molecule has 0 radical (unpaired) electrons. The van der Waals surface area contributed by atoms with E-state index in [1.807, 2.05) is 0 Å². The highest BCUT2D eigenvalue weighted by Gasteiger charge is 2.73. The van der Waals surface area contributed by atoms with E-state index < -0.39 is 0 Å². The standard InChI is InChI=1S/C12H18O2/c13-10-6-2-1-3-9-12(10)11(14-12)7-4-5-8-11/h1-9H2. The normalized spacial score (nSPS) is 40.4. The van der Waals surface area contributed by atoms with Crippen LogP contribution >= 0.6 is 0 Å². The Morgan fingerprint density at radius 2 is 1.64 bits per heavy atom. The van der Waals surface area contributed by atoms with Gasteiger partial charge in [-0.2, -0.15) is 0 Å². The van der Waals surface area contributed by atoms with Crippen LogP contribution in [-0.4, -0.2) is 17.0 Å². The summed E-state index contributed by atoms with van der Waals surface area (Å²) in [6.07, 6.45) is 10.1. The Morgan fingerprint density at radius 1 is 0.929 bits per heavy atom. The second kappa shape index (κ2) is 2.82. The molecule has 0 amide bonds. The van der Waals surface area contributed by atoms with Crippen molar-refractivity contribution in [3.8, 4) is 0 Å². The first-order valence-electron chi connectivity index (χ1n) is 6.03. The van der Waals surface area contributed by atoms with Gasteiger partial charge in [-0.1, -0.05) is 19.3 Å². The summed E-state index contributed by atoms with van der Waals surface area (Å²) in [6.45, 7) is 0. The molecule has 0 N–H and O–H groups in total. The summed E-state index contributed by atoms with van der Waals surface area (Å²) in [6, 6.07) is 0. The highest BCUT2D eigenvalue weighted by atomic mass is 16.6. The molecule has 2 nitrogen and oxygen atoms in total. The van der Waals surface area contributed by atoms with Gasteiger partial charge in [-0.05, 0) is 32.1 Å². The number of rotatable bonds is 0. The molecular formula is C12H18O2. The Hall–Kier alpha value is -0.370. The Balaban J connectivity index is 1.85. The number of hydrogen-bond donors (Lipinski definition) is 0. The maximum Gasteiger partial charge on any atom is 0.167 e. The number of ketones is 1. The number of carbonyl (C=O) groups excluding carboxylic acids is 1. The molecule has 1 atom stereocenters. The largest absolute Gasteiger partial charge is 0.354 e. The van der Waals surface area contributed by atoms with E-state index >= 15 is 0 Å². The molecular weight excluding hydrogens is 176 g/mol. The third kappa shape index (κ3) is 0.979. The highest BCUT2D eigenvalue weighted by molar-refractivity contribution is 5.92. The summed E-state index contributed by atoms with van der Waals surface area (Å²) in [5.41, 5.74) is -0.269. The predicted octanol–water partition coefficient (Wildman–Crippen LogP) is 2.60. The molecule has 0 aromatic heterocycles. The molecule has 1 heterocycles. The van der Waals surface area contributed by atoms with Gasteiger partial charge in [0.25, 0.3) is 0 Å². The molecule has 0 aromatic rings. The average Bonchev–Trinajstić information content (AvgIpc) is 2.62. The monoisotopic (exact) mass is 194 g/mol. The predicted molar refractivity (Wildman–Crippen MR) is 53.1 cm³/mol. The van der Waals surface area contributed by atoms with E-state index in [0.29, 0.717) is 5.78 Å². The van der Waals surface area contributed by atoms with Gasteiger partial charge in [-0.15, -0.1) is 0 Å². The topological polar surface area (TPSA) is 29.6 Å². The van der Waals surface area contributed by atoms with Crippen LogP contribution in [0, 0.1) is 0 Å². The summed E-state index contributed by atoms with van der Waals surface area (Å²) >= 11 is 0. The lowest BCUT2D eigenvalue weighted by molar-refractivity contribution is -0.124. The SMILES string of the molecule is O=C1CCCCCC12OC21CCCC1. The highest BCUT2D eigenvalue weighted by Crippen LogP contribution is 2.61. The summed E-state index contributed by atoms with van der Waals surface area (Å²) in [5, 5.41) is 0. The molecule has 2 spiro atoms. The second-order valence-electron chi connectivity index (χ2n) is 5.11. The minimum Gasteiger partial charge on any atom is -0.354 e. The Bertz CT molecular complexity index is 261. The fourth-order valence-electron chi connectivity index (χ4n) is 3.53. The molecule has 78 valence electrons. The van der Waals surface area contributed by atoms with E-state index in [1.165, 1.54) is 25.7 Å². The molecule has 3 fully saturated rings. The summed E-state index contributed by atoms with van der Waals surface area (Å²) in [5.74, 6) is 0.414. The fraction of sp³-hybridized carbons (Fsp3) is 0.917. The van der Waals surface area contributed by atoms with Crippen LogP contribution in [0.2, 0.25) is 0 Å². The molecule has 3 rings (SSSR count). The van der Waals surface area contributed by atoms with Gasteiger partial charge in [0.15, 0.2) is 11.4 Å². The van der Waals surface area contributed by atoms with Gasteiger partial charge in [0, 0.05) is 6.42 Å². The van der Waals surface area contributed by atoms with E-state index in [-0.39, 0.29) is 11.2 Å². The number of ether oxygens (including phenoxy) is 1. The van der Waals surface area contributed by atoms with Crippen LogP contribution in [0.15, 0.2) is 0 Å². The van der Waals surface area contributed by atoms with Crippen LogP contribution < -0.4 is 0 Å². The Morgan fingerprint density at radius 3 is 2.43 bits per heavy atom. The zero-order valence-electron chi connectivity index (χ0n) is 8.68. The quantitative estimate of drug-likeness (QED) is 0.555. The molecule has 1 unspecified atom stereocenters. The number of Topliss-reactive ketones (excluding diaryl/α,β-unsaturated/α-hetero) is 1. The van der Waals surface area contributed by atoms with Crippen molar-refractivity contribution in [2.24, 2.45) is 0 Å². The van der Waals surface area contributed by atoms with Crippen LogP contribution in [0.5, 0.6) is 0 Å². The van der Waals surface area contributed by atoms with Crippen molar-refractivity contribution in [1.82, 2.24) is 0 Å². The lowest BCUT2D eigenvalue weighted by Gasteiger charge is -2.11. The molecule has 14 heavy (non-hydrogen) atoms. The number of hydrogen-bond acceptors (Lipinski definition) is 2. The Kier molecular flexibility index (Phi) is 1.79. The van der Waals surface area contributed by atoms with Gasteiger partial charge in [0.2, 0.25) is 0 Å². The van der Waals surface area contributed by atoms with Gasteiger partial charge in [-0.25, -0.2) is 0 Å². The van der Waals surface area contributed by atoms with Gasteiger partial charge >= 0.3 is 0 Å². The molecule has 2 heteroatoms. The van der Waals surface area contributed by atoms with E-state index in [2.05, 4.69) is 0 Å². The summed E-state index contributed by atoms with van der Waals surface area (Å²) in [7, 11) is 0. The summed E-state index contributed by atoms with van der Waals surface area (Å²) < 4.78 is 5.94. The maximum atomic E-state index is 12.0. The van der Waals surface area contributed by atoms with Crippen LogP contribution in [0.4, 0.5) is 0 Å². The van der Waals surface area contributed by atoms with E-state index in [1.54, 1.807) is 0 Å². The first-order valence-corrected chi connectivity index (χ1v) is 6.03. The van der Waals surface area contributed by atoms with E-state index in [0.717, 1.165) is 32.1 Å². The number of fused-ring (bicyclic) bond motifs is 1. The zero-order valence-corrected chi connectivity index (χ0v) is 8.68. The zero-order chi connectivity index (χ0) is 9.65. The van der Waals surface area contributed by atoms with Crippen molar-refractivity contribution in [3.63, 3.8) is 0 Å². The van der Waals surface area contributed by atoms with Crippen molar-refractivity contribution >= 4 is 5.78 Å². The average molecular weight is 194 g/mol. The van der Waals surface area contributed by atoms with Crippen molar-refractivity contribution in [3.05, 3.63) is 0 Å². The van der Waals surface area contributed by atoms with Gasteiger partial charge < -0.3 is 4.74 Å². The Labute approximate surface area is 85.0 Å². The first kappa shape index (κ1) is 8.90. The smallest absolute Gasteiger partial charge is 0.167 e. The van der Waals surface area contributed by atoms with Crippen molar-refractivity contribution in [1.29, 1.82) is 0 Å². The number of carbonyl (C=O) groups is 1. The fourth-order valence-corrected chi connectivity index (χ4v) is 3.53. The third-order valence-corrected chi connectivity index (χ3v) is 4.36. The van der Waals surface area contributed by atoms with Crippen LogP contribution in [0.3, 0.4) is 0 Å². The van der Waals surface area contributed by atoms with Crippen LogP contribution in [0.25, 0.3) is 0 Å². The van der Waals surface area contributed by atoms with Crippen molar-refractivity contribution < 1.29 is 9.53 Å². The number of epoxide rings is 1. The van der Waals surface area contributed by atoms with Gasteiger partial charge in [-0.3, -0.25) is 4.79 Å². The summed E-state index contributed by atoms with van der Waals surface area (Å²) in [4.78, 5) is 12.0. The molecule has 3 aliphatic rings. The molecule has 1 saturated heterocycles. The molecule has 0 bridgehead atoms. The van der Waals surface area contributed by atoms with Crippen LogP contribution in [0.1, 0.15) is 57.8 Å². The third-order valence-electron chi connectivity index (χ3n) is 4.36. The van der Waals surface area contributed by atoms with Crippen LogP contribution in [-0.2, 0) is 9.53 Å². The van der Waals surface area contributed by atoms with E-state index in [9.17, 15) is 4.79 Å². The minimum absolute atomic E-state index is 0.0222. The maximum absolute atomic E-state index is 12.0.